The van der Waals surface area contributed by atoms with Gasteiger partial charge in [0.2, 0.25) is 0 Å². The average molecular weight is 381 g/mol. The molecule has 2 fully saturated rings. The molecule has 2 heterocycles. The van der Waals surface area contributed by atoms with Gasteiger partial charge in [-0.2, -0.15) is 0 Å². The van der Waals surface area contributed by atoms with Crippen LogP contribution in [-0.4, -0.2) is 62.8 Å². The molecule has 0 bridgehead atoms. The lowest BCUT2D eigenvalue weighted by atomic mass is 10.1. The van der Waals surface area contributed by atoms with E-state index in [4.69, 9.17) is 9.47 Å². The molecule has 0 unspecified atom stereocenters. The van der Waals surface area contributed by atoms with Crippen molar-refractivity contribution in [2.45, 2.75) is 18.9 Å². The van der Waals surface area contributed by atoms with Gasteiger partial charge in [0.25, 0.3) is 5.91 Å². The maximum atomic E-state index is 12.5. The highest BCUT2D eigenvalue weighted by Gasteiger charge is 2.27. The SMILES string of the molecule is O=C(COc1ccc(-c2ccccc2)cc1)N1CC[NH+](C[C@H]2CCCO2)CC1. The molecule has 0 radical (unpaired) electrons. The summed E-state index contributed by atoms with van der Waals surface area (Å²) in [4.78, 5) is 16.0. The Morgan fingerprint density at radius 2 is 1.75 bits per heavy atom. The van der Waals surface area contributed by atoms with E-state index in [-0.39, 0.29) is 12.5 Å². The summed E-state index contributed by atoms with van der Waals surface area (Å²) in [5.41, 5.74) is 2.32. The van der Waals surface area contributed by atoms with Crippen molar-refractivity contribution >= 4 is 5.91 Å². The van der Waals surface area contributed by atoms with Crippen molar-refractivity contribution < 1.29 is 19.2 Å². The second-order valence-electron chi connectivity index (χ2n) is 7.65. The largest absolute Gasteiger partial charge is 0.484 e. The summed E-state index contributed by atoms with van der Waals surface area (Å²) in [6, 6.07) is 18.2. The molecule has 0 spiro atoms. The molecule has 0 aromatic heterocycles. The third-order valence-corrected chi connectivity index (χ3v) is 5.69. The first-order valence-electron chi connectivity index (χ1n) is 10.3. The van der Waals surface area contributed by atoms with Crippen molar-refractivity contribution in [2.24, 2.45) is 0 Å². The highest BCUT2D eigenvalue weighted by molar-refractivity contribution is 5.77. The van der Waals surface area contributed by atoms with Crippen molar-refractivity contribution in [1.82, 2.24) is 4.90 Å². The normalized spacial score (nSPS) is 20.3. The van der Waals surface area contributed by atoms with E-state index in [1.807, 2.05) is 47.4 Å². The van der Waals surface area contributed by atoms with Crippen LogP contribution in [0.1, 0.15) is 12.8 Å². The van der Waals surface area contributed by atoms with Gasteiger partial charge in [-0.15, -0.1) is 0 Å². The number of amides is 1. The average Bonchev–Trinajstić information content (AvgIpc) is 3.27. The lowest BCUT2D eigenvalue weighted by Crippen LogP contribution is -3.15. The summed E-state index contributed by atoms with van der Waals surface area (Å²) in [5.74, 6) is 0.805. The molecule has 1 N–H and O–H groups in total. The summed E-state index contributed by atoms with van der Waals surface area (Å²) in [7, 11) is 0. The van der Waals surface area contributed by atoms with E-state index in [0.717, 1.165) is 50.6 Å². The minimum Gasteiger partial charge on any atom is -0.484 e. The van der Waals surface area contributed by atoms with Gasteiger partial charge >= 0.3 is 0 Å². The Kier molecular flexibility index (Phi) is 6.24. The monoisotopic (exact) mass is 381 g/mol. The van der Waals surface area contributed by atoms with E-state index in [1.165, 1.54) is 18.4 Å². The number of hydrogen-bond donors (Lipinski definition) is 1. The van der Waals surface area contributed by atoms with Crippen LogP contribution < -0.4 is 9.64 Å². The Bertz CT molecular complexity index is 749. The van der Waals surface area contributed by atoms with Gasteiger partial charge in [-0.05, 0) is 36.1 Å². The molecule has 0 aliphatic carbocycles. The highest BCUT2D eigenvalue weighted by Crippen LogP contribution is 2.22. The molecule has 1 amide bonds. The summed E-state index contributed by atoms with van der Waals surface area (Å²) in [5, 5.41) is 0. The third kappa shape index (κ3) is 4.91. The predicted octanol–water partition coefficient (Wildman–Crippen LogP) is 1.64. The molecule has 2 aromatic rings. The van der Waals surface area contributed by atoms with Crippen LogP contribution in [0.2, 0.25) is 0 Å². The lowest BCUT2D eigenvalue weighted by Gasteiger charge is -2.33. The number of nitrogens with one attached hydrogen (secondary N) is 1. The van der Waals surface area contributed by atoms with Crippen LogP contribution in [0.5, 0.6) is 5.75 Å². The number of carbonyl (C=O) groups excluding carboxylic acids is 1. The van der Waals surface area contributed by atoms with Crippen molar-refractivity contribution in [3.63, 3.8) is 0 Å². The van der Waals surface area contributed by atoms with Gasteiger partial charge in [-0.3, -0.25) is 4.79 Å². The lowest BCUT2D eigenvalue weighted by molar-refractivity contribution is -0.906. The van der Waals surface area contributed by atoms with Gasteiger partial charge in [0.1, 0.15) is 18.4 Å². The zero-order chi connectivity index (χ0) is 19.2. The molecule has 148 valence electrons. The van der Waals surface area contributed by atoms with Gasteiger partial charge in [0.05, 0.1) is 26.2 Å². The second kappa shape index (κ2) is 9.22. The van der Waals surface area contributed by atoms with E-state index in [0.29, 0.717) is 6.10 Å². The summed E-state index contributed by atoms with van der Waals surface area (Å²) in [6.07, 6.45) is 2.79. The van der Waals surface area contributed by atoms with Gasteiger partial charge < -0.3 is 19.3 Å². The molecular formula is C23H29N2O3+. The fourth-order valence-electron chi connectivity index (χ4n) is 4.01. The Morgan fingerprint density at radius 3 is 2.43 bits per heavy atom. The molecule has 2 aromatic carbocycles. The number of ether oxygens (including phenoxy) is 2. The number of rotatable bonds is 6. The Hall–Kier alpha value is -2.37. The van der Waals surface area contributed by atoms with Crippen LogP contribution in [0, 0.1) is 0 Å². The number of quaternary nitrogens is 1. The van der Waals surface area contributed by atoms with Crippen LogP contribution in [0.4, 0.5) is 0 Å². The van der Waals surface area contributed by atoms with Crippen LogP contribution in [-0.2, 0) is 9.53 Å². The Morgan fingerprint density at radius 1 is 1.04 bits per heavy atom. The quantitative estimate of drug-likeness (QED) is 0.827. The van der Waals surface area contributed by atoms with Crippen molar-refractivity contribution in [2.75, 3.05) is 45.9 Å². The first kappa shape index (κ1) is 19.0. The zero-order valence-corrected chi connectivity index (χ0v) is 16.3. The molecule has 2 saturated heterocycles. The summed E-state index contributed by atoms with van der Waals surface area (Å²) >= 11 is 0. The maximum Gasteiger partial charge on any atom is 0.260 e. The van der Waals surface area contributed by atoms with E-state index >= 15 is 0 Å². The Labute approximate surface area is 166 Å². The zero-order valence-electron chi connectivity index (χ0n) is 16.3. The fraction of sp³-hybridized carbons (Fsp3) is 0.435. The van der Waals surface area contributed by atoms with Crippen LogP contribution in [0.3, 0.4) is 0 Å². The minimum absolute atomic E-state index is 0.0725. The molecule has 5 heteroatoms. The minimum atomic E-state index is 0.0725. The van der Waals surface area contributed by atoms with Crippen LogP contribution in [0.25, 0.3) is 11.1 Å². The second-order valence-corrected chi connectivity index (χ2v) is 7.65. The number of benzene rings is 2. The predicted molar refractivity (Wildman–Crippen MR) is 108 cm³/mol. The fourth-order valence-corrected chi connectivity index (χ4v) is 4.01. The van der Waals surface area contributed by atoms with E-state index in [9.17, 15) is 4.79 Å². The summed E-state index contributed by atoms with van der Waals surface area (Å²) in [6.45, 7) is 5.69. The molecule has 0 saturated carbocycles. The first-order chi connectivity index (χ1) is 13.8. The number of nitrogens with zero attached hydrogens (tertiary/aromatic N) is 1. The molecule has 1 atom stereocenters. The molecule has 2 aliphatic heterocycles. The first-order valence-corrected chi connectivity index (χ1v) is 10.3. The van der Waals surface area contributed by atoms with Gasteiger partial charge in [0.15, 0.2) is 6.61 Å². The third-order valence-electron chi connectivity index (χ3n) is 5.69. The summed E-state index contributed by atoms with van der Waals surface area (Å²) < 4.78 is 11.5. The van der Waals surface area contributed by atoms with E-state index < -0.39 is 0 Å². The molecule has 28 heavy (non-hydrogen) atoms. The topological polar surface area (TPSA) is 43.2 Å². The molecular weight excluding hydrogens is 352 g/mol. The molecule has 2 aliphatic rings. The smallest absolute Gasteiger partial charge is 0.260 e. The van der Waals surface area contributed by atoms with E-state index in [1.54, 1.807) is 4.90 Å². The standard InChI is InChI=1S/C23H28N2O3/c26-23(25-14-12-24(13-15-25)17-22-7-4-16-27-22)18-28-21-10-8-20(9-11-21)19-5-2-1-3-6-19/h1-3,5-6,8-11,22H,4,7,12-18H2/p+1/t22-/m1/s1. The van der Waals surface area contributed by atoms with Crippen molar-refractivity contribution in [1.29, 1.82) is 0 Å². The van der Waals surface area contributed by atoms with Crippen LogP contribution >= 0.6 is 0 Å². The van der Waals surface area contributed by atoms with Gasteiger partial charge in [0, 0.05) is 6.61 Å². The van der Waals surface area contributed by atoms with Crippen molar-refractivity contribution in [3.8, 4) is 16.9 Å². The maximum absolute atomic E-state index is 12.5. The van der Waals surface area contributed by atoms with Gasteiger partial charge in [-0.1, -0.05) is 42.5 Å². The number of carbonyl (C=O) groups is 1. The van der Waals surface area contributed by atoms with Gasteiger partial charge in [-0.25, -0.2) is 0 Å². The van der Waals surface area contributed by atoms with E-state index in [2.05, 4.69) is 12.1 Å². The van der Waals surface area contributed by atoms with Crippen LogP contribution in [0.15, 0.2) is 54.6 Å². The Balaban J connectivity index is 1.21. The van der Waals surface area contributed by atoms with Crippen molar-refractivity contribution in [3.05, 3.63) is 54.6 Å². The highest BCUT2D eigenvalue weighted by atomic mass is 16.5. The molecule has 5 nitrogen and oxygen atoms in total. The number of hydrogen-bond acceptors (Lipinski definition) is 3. The molecule has 4 rings (SSSR count). The number of piperazine rings is 1.